The zero-order valence-electron chi connectivity index (χ0n) is 21.5. The summed E-state index contributed by atoms with van der Waals surface area (Å²) in [5, 5.41) is 0. The van der Waals surface area contributed by atoms with Gasteiger partial charge in [-0.25, -0.2) is 0 Å². The Bertz CT molecular complexity index is 431. The number of hydrogen-bond acceptors (Lipinski definition) is 1. The van der Waals surface area contributed by atoms with Gasteiger partial charge < -0.3 is 19.8 Å². The van der Waals surface area contributed by atoms with Crippen molar-refractivity contribution in [3.05, 3.63) is 14.9 Å². The van der Waals surface area contributed by atoms with Crippen molar-refractivity contribution >= 4 is 30.5 Å². The van der Waals surface area contributed by atoms with Crippen molar-refractivity contribution in [2.75, 3.05) is 39.3 Å². The molecule has 0 atom stereocenters. The summed E-state index contributed by atoms with van der Waals surface area (Å²) < 4.78 is 0. The standard InChI is InChI=1S/C15H39N4Si3.C6H11P.Ta/c1-20(2,3)16-10-13-19(14-11-17-21(4,5)6)15-12-18-22(7,8)9;7-6-4-2-1-3-5-6;/h10-15H2,1-9H3;6H,1-5H2;/q-3;+1;. The van der Waals surface area contributed by atoms with Crippen molar-refractivity contribution in [3.8, 4) is 0 Å². The van der Waals surface area contributed by atoms with Crippen LogP contribution < -0.4 is 0 Å². The van der Waals surface area contributed by atoms with Gasteiger partial charge in [-0.3, -0.25) is 0 Å². The molecule has 0 radical (unpaired) electrons. The zero-order valence-corrected chi connectivity index (χ0v) is 28.6. The van der Waals surface area contributed by atoms with E-state index < -0.39 is 24.7 Å². The van der Waals surface area contributed by atoms with Gasteiger partial charge >= 0.3 is 63.4 Å². The van der Waals surface area contributed by atoms with Crippen LogP contribution in [0.4, 0.5) is 0 Å². The first-order valence-corrected chi connectivity index (χ1v) is 27.4. The Morgan fingerprint density at radius 1 is 0.667 bits per heavy atom. The molecule has 0 bridgehead atoms. The molecule has 0 spiro atoms. The molecule has 0 aromatic heterocycles. The molecule has 0 aromatic carbocycles. The number of nitrogens with zero attached hydrogens (tertiary/aromatic N) is 4. The predicted octanol–water partition coefficient (Wildman–Crippen LogP) is 7.64. The average molecular weight is 655 g/mol. The maximum absolute atomic E-state index is 4.86. The Morgan fingerprint density at radius 3 is 1.23 bits per heavy atom. The van der Waals surface area contributed by atoms with Crippen LogP contribution in [0.3, 0.4) is 0 Å². The van der Waals surface area contributed by atoms with Gasteiger partial charge in [-0.05, 0) is 19.6 Å². The van der Waals surface area contributed by atoms with Gasteiger partial charge in [0.15, 0.2) is 0 Å². The van der Waals surface area contributed by atoms with E-state index in [1.807, 2.05) is 0 Å². The second-order valence-electron chi connectivity index (χ2n) is 11.4. The Kier molecular flexibility index (Phi) is 17.2. The van der Waals surface area contributed by atoms with Gasteiger partial charge in [-0.2, -0.15) is 0 Å². The molecule has 1 saturated carbocycles. The van der Waals surface area contributed by atoms with Crippen LogP contribution in [0, 0.1) is 0 Å². The summed E-state index contributed by atoms with van der Waals surface area (Å²) in [7, 11) is -3.84. The first-order valence-electron chi connectivity index (χ1n) is 11.8. The van der Waals surface area contributed by atoms with Gasteiger partial charge in [-0.1, -0.05) is 83.6 Å². The fraction of sp³-hybridized carbons (Fsp3) is 1.00. The second-order valence-corrected chi connectivity index (χ2v) is 28.8. The van der Waals surface area contributed by atoms with Crippen LogP contribution in [0.1, 0.15) is 32.1 Å². The van der Waals surface area contributed by atoms with E-state index >= 15 is 0 Å². The second kappa shape index (κ2) is 16.3. The molecule has 0 saturated heterocycles. The molecule has 1 fully saturated rings. The molecule has 0 aromatic rings. The SMILES string of the molecule is C[Si](C)(C)[N-]CCN(CC[N-][Si](C)(C)C)CC[N-][Si](C)(C)C.[Ta]#[P+]C1CCCCC1. The van der Waals surface area contributed by atoms with Gasteiger partial charge in [0.2, 0.25) is 0 Å². The van der Waals surface area contributed by atoms with Crippen LogP contribution >= 0.6 is 5.79 Å². The quantitative estimate of drug-likeness (QED) is 0.158. The van der Waals surface area contributed by atoms with Crippen molar-refractivity contribution < 1.29 is 19.8 Å². The van der Waals surface area contributed by atoms with Crippen LogP contribution in [0.15, 0.2) is 0 Å². The van der Waals surface area contributed by atoms with E-state index in [0.717, 1.165) is 44.9 Å². The van der Waals surface area contributed by atoms with Crippen molar-refractivity contribution in [3.63, 3.8) is 0 Å². The molecule has 1 aliphatic carbocycles. The molecule has 0 aliphatic heterocycles. The maximum atomic E-state index is 4.86. The third kappa shape index (κ3) is 22.8. The first-order chi connectivity index (χ1) is 13.7. The first kappa shape index (κ1) is 31.7. The van der Waals surface area contributed by atoms with Gasteiger partial charge in [0.25, 0.3) is 0 Å². The normalized spacial score (nSPS) is 16.3. The van der Waals surface area contributed by atoms with Crippen LogP contribution in [-0.2, 0) is 19.8 Å². The molecule has 0 N–H and O–H groups in total. The molecule has 178 valence electrons. The Labute approximate surface area is 205 Å². The monoisotopic (exact) mass is 654 g/mol. The number of hydrogen-bond donors (Lipinski definition) is 0. The summed E-state index contributed by atoms with van der Waals surface area (Å²) in [4.78, 5) is 17.1. The minimum atomic E-state index is -1.28. The summed E-state index contributed by atoms with van der Waals surface area (Å²) in [5.41, 5.74) is 1.11. The minimum absolute atomic E-state index is 0.968. The molecule has 0 heterocycles. The van der Waals surface area contributed by atoms with Gasteiger partial charge in [0.1, 0.15) is 0 Å². The fourth-order valence-corrected chi connectivity index (χ4v) is 8.51. The van der Waals surface area contributed by atoms with Gasteiger partial charge in [0, 0.05) is 0 Å². The van der Waals surface area contributed by atoms with Crippen LogP contribution in [0.5, 0.6) is 0 Å². The molecule has 1 rings (SSSR count). The Hall–Kier alpha value is 1.66. The fourth-order valence-electron chi connectivity index (χ4n) is 3.11. The molecular weight excluding hydrogens is 604 g/mol. The van der Waals surface area contributed by atoms with E-state index in [0.29, 0.717) is 0 Å². The Balaban J connectivity index is 0.000000867. The molecule has 30 heavy (non-hydrogen) atoms. The molecular formula is C21H50N4PSi3Ta-2. The molecule has 0 unspecified atom stereocenters. The van der Waals surface area contributed by atoms with Gasteiger partial charge in [0.05, 0.1) is 0 Å². The summed E-state index contributed by atoms with van der Waals surface area (Å²) in [6, 6.07) is 0. The van der Waals surface area contributed by atoms with Crippen molar-refractivity contribution in [1.29, 1.82) is 0 Å². The summed E-state index contributed by atoms with van der Waals surface area (Å²) >= 11 is 1.58. The number of rotatable bonds is 12. The van der Waals surface area contributed by atoms with E-state index in [9.17, 15) is 0 Å². The molecule has 9 heteroatoms. The van der Waals surface area contributed by atoms with Crippen molar-refractivity contribution in [1.82, 2.24) is 4.90 Å². The Morgan fingerprint density at radius 2 is 1.00 bits per heavy atom. The van der Waals surface area contributed by atoms with E-state index in [2.05, 4.69) is 63.8 Å². The van der Waals surface area contributed by atoms with E-state index in [1.54, 1.807) is 25.6 Å². The van der Waals surface area contributed by atoms with Crippen molar-refractivity contribution in [2.45, 2.75) is 96.7 Å². The third-order valence-corrected chi connectivity index (χ3v) is 12.6. The average Bonchev–Trinajstić information content (AvgIpc) is 2.59. The van der Waals surface area contributed by atoms with E-state index in [-0.39, 0.29) is 0 Å². The third-order valence-electron chi connectivity index (χ3n) is 4.75. The molecule has 0 amide bonds. The molecule has 1 aliphatic rings. The van der Waals surface area contributed by atoms with E-state index in [1.165, 1.54) is 32.1 Å². The topological polar surface area (TPSA) is 45.5 Å². The van der Waals surface area contributed by atoms with E-state index in [4.69, 9.17) is 14.9 Å². The summed E-state index contributed by atoms with van der Waals surface area (Å²) in [5.74, 6) is 1.74. The van der Waals surface area contributed by atoms with Crippen LogP contribution in [0.25, 0.3) is 14.9 Å². The van der Waals surface area contributed by atoms with Crippen LogP contribution in [-0.4, -0.2) is 74.5 Å². The van der Waals surface area contributed by atoms with Crippen molar-refractivity contribution in [2.24, 2.45) is 0 Å². The van der Waals surface area contributed by atoms with Crippen LogP contribution in [0.2, 0.25) is 58.9 Å². The molecule has 4 nitrogen and oxygen atoms in total. The summed E-state index contributed by atoms with van der Waals surface area (Å²) in [6.45, 7) is 26.8. The summed E-state index contributed by atoms with van der Waals surface area (Å²) in [6.07, 6.45) is 7.57. The van der Waals surface area contributed by atoms with Gasteiger partial charge in [-0.15, -0.1) is 19.6 Å². The zero-order chi connectivity index (χ0) is 23.3. The predicted molar refractivity (Wildman–Crippen MR) is 145 cm³/mol.